The monoisotopic (exact) mass is 270 g/mol. The van der Waals surface area contributed by atoms with Crippen LogP contribution >= 0.6 is 11.6 Å². The topological polar surface area (TPSA) is 70.6 Å². The summed E-state index contributed by atoms with van der Waals surface area (Å²) in [6.07, 6.45) is 0. The summed E-state index contributed by atoms with van der Waals surface area (Å²) >= 11 is 5.92. The Kier molecular flexibility index (Phi) is 4.54. The van der Waals surface area contributed by atoms with E-state index in [-0.39, 0.29) is 12.5 Å². The summed E-state index contributed by atoms with van der Waals surface area (Å²) in [6.45, 7) is 1.29. The van der Waals surface area contributed by atoms with E-state index in [9.17, 15) is 4.79 Å². The van der Waals surface area contributed by atoms with Crippen LogP contribution in [0.5, 0.6) is 0 Å². The lowest BCUT2D eigenvalue weighted by atomic mass is 10.1. The fraction of sp³-hybridized carbons (Fsp3) is 0.417. The van der Waals surface area contributed by atoms with Gasteiger partial charge in [0.25, 0.3) is 0 Å². The van der Waals surface area contributed by atoms with Crippen LogP contribution in [0.25, 0.3) is 0 Å². The molecule has 1 unspecified atom stereocenters. The summed E-state index contributed by atoms with van der Waals surface area (Å²) in [5, 5.41) is 15.0. The van der Waals surface area contributed by atoms with Crippen molar-refractivity contribution in [3.8, 4) is 0 Å². The van der Waals surface area contributed by atoms with Crippen molar-refractivity contribution in [3.05, 3.63) is 28.8 Å². The lowest BCUT2D eigenvalue weighted by Crippen LogP contribution is -2.30. The Hall–Kier alpha value is -1.14. The predicted molar refractivity (Wildman–Crippen MR) is 68.7 cm³/mol. The standard InChI is InChI=1S/C12H15ClN2O3/c13-8-1-2-10-9(7-8)11(12(17)15-10)14-3-5-18-6-4-16/h1-2,7,11,14,16H,3-6H2,(H,15,17). The second-order valence-electron chi connectivity index (χ2n) is 3.94. The van der Waals surface area contributed by atoms with Crippen LogP contribution in [0.15, 0.2) is 18.2 Å². The summed E-state index contributed by atoms with van der Waals surface area (Å²) in [4.78, 5) is 11.8. The average Bonchev–Trinajstić information content (AvgIpc) is 2.65. The molecule has 6 heteroatoms. The normalized spacial score (nSPS) is 17.7. The molecule has 0 fully saturated rings. The van der Waals surface area contributed by atoms with Crippen LogP contribution in [0, 0.1) is 0 Å². The van der Waals surface area contributed by atoms with Gasteiger partial charge in [0.15, 0.2) is 0 Å². The largest absolute Gasteiger partial charge is 0.394 e. The van der Waals surface area contributed by atoms with Crippen molar-refractivity contribution in [1.82, 2.24) is 5.32 Å². The maximum absolute atomic E-state index is 11.8. The fourth-order valence-corrected chi connectivity index (χ4v) is 2.06. The zero-order valence-electron chi connectivity index (χ0n) is 9.78. The number of aliphatic hydroxyl groups is 1. The molecule has 0 bridgehead atoms. The molecule has 1 aliphatic heterocycles. The number of hydrogen-bond acceptors (Lipinski definition) is 4. The van der Waals surface area contributed by atoms with E-state index in [4.69, 9.17) is 21.4 Å². The molecule has 0 spiro atoms. The minimum Gasteiger partial charge on any atom is -0.394 e. The molecular weight excluding hydrogens is 256 g/mol. The van der Waals surface area contributed by atoms with Crippen molar-refractivity contribution in [2.75, 3.05) is 31.7 Å². The minimum absolute atomic E-state index is 0.00234. The highest BCUT2D eigenvalue weighted by atomic mass is 35.5. The number of nitrogens with one attached hydrogen (secondary N) is 2. The zero-order chi connectivity index (χ0) is 13.0. The van der Waals surface area contributed by atoms with Gasteiger partial charge in [-0.3, -0.25) is 10.1 Å². The molecule has 0 radical (unpaired) electrons. The van der Waals surface area contributed by atoms with Gasteiger partial charge in [-0.05, 0) is 18.2 Å². The van der Waals surface area contributed by atoms with Crippen LogP contribution in [0.2, 0.25) is 5.02 Å². The molecule has 1 aromatic carbocycles. The Morgan fingerprint density at radius 3 is 3.06 bits per heavy atom. The molecule has 5 nitrogen and oxygen atoms in total. The van der Waals surface area contributed by atoms with Gasteiger partial charge >= 0.3 is 0 Å². The van der Waals surface area contributed by atoms with Crippen LogP contribution in [0.1, 0.15) is 11.6 Å². The molecule has 1 aliphatic rings. The van der Waals surface area contributed by atoms with Gasteiger partial charge in [-0.1, -0.05) is 11.6 Å². The predicted octanol–water partition coefficient (Wildman–Crippen LogP) is 0.932. The number of hydrogen-bond donors (Lipinski definition) is 3. The molecule has 18 heavy (non-hydrogen) atoms. The number of amides is 1. The number of benzene rings is 1. The van der Waals surface area contributed by atoms with Crippen LogP contribution in [-0.4, -0.2) is 37.4 Å². The average molecular weight is 271 g/mol. The first-order chi connectivity index (χ1) is 8.72. The van der Waals surface area contributed by atoms with Crippen molar-refractivity contribution in [1.29, 1.82) is 0 Å². The van der Waals surface area contributed by atoms with Gasteiger partial charge < -0.3 is 15.2 Å². The summed E-state index contributed by atoms with van der Waals surface area (Å²) in [5.74, 6) is -0.0885. The van der Waals surface area contributed by atoms with Crippen LogP contribution < -0.4 is 10.6 Å². The van der Waals surface area contributed by atoms with Gasteiger partial charge in [-0.25, -0.2) is 0 Å². The van der Waals surface area contributed by atoms with Gasteiger partial charge in [-0.15, -0.1) is 0 Å². The van der Waals surface area contributed by atoms with E-state index in [0.717, 1.165) is 11.3 Å². The van der Waals surface area contributed by atoms with E-state index in [1.165, 1.54) is 0 Å². The zero-order valence-corrected chi connectivity index (χ0v) is 10.5. The number of carbonyl (C=O) groups is 1. The maximum Gasteiger partial charge on any atom is 0.246 e. The lowest BCUT2D eigenvalue weighted by Gasteiger charge is -2.11. The maximum atomic E-state index is 11.8. The number of fused-ring (bicyclic) bond motifs is 1. The second-order valence-corrected chi connectivity index (χ2v) is 4.38. The first-order valence-electron chi connectivity index (χ1n) is 5.74. The summed E-state index contributed by atoms with van der Waals surface area (Å²) in [5.41, 5.74) is 1.65. The molecule has 0 aliphatic carbocycles. The van der Waals surface area contributed by atoms with Crippen LogP contribution in [0.4, 0.5) is 5.69 Å². The van der Waals surface area contributed by atoms with E-state index < -0.39 is 6.04 Å². The Morgan fingerprint density at radius 1 is 1.44 bits per heavy atom. The summed E-state index contributed by atoms with van der Waals surface area (Å²) < 4.78 is 5.12. The quantitative estimate of drug-likeness (QED) is 0.673. The number of anilines is 1. The third-order valence-corrected chi connectivity index (χ3v) is 2.91. The molecule has 1 amide bonds. The third-order valence-electron chi connectivity index (χ3n) is 2.68. The minimum atomic E-state index is -0.392. The number of carbonyl (C=O) groups excluding carboxylic acids is 1. The third kappa shape index (κ3) is 3.00. The Balaban J connectivity index is 1.93. The van der Waals surface area contributed by atoms with Crippen molar-refractivity contribution in [3.63, 3.8) is 0 Å². The highest BCUT2D eigenvalue weighted by Crippen LogP contribution is 2.32. The smallest absolute Gasteiger partial charge is 0.246 e. The molecule has 1 atom stereocenters. The van der Waals surface area contributed by atoms with E-state index in [1.54, 1.807) is 18.2 Å². The van der Waals surface area contributed by atoms with Crippen molar-refractivity contribution < 1.29 is 14.6 Å². The number of halogens is 1. The first-order valence-corrected chi connectivity index (χ1v) is 6.12. The molecule has 0 aromatic heterocycles. The van der Waals surface area contributed by atoms with E-state index in [1.807, 2.05) is 0 Å². The molecule has 1 heterocycles. The number of rotatable bonds is 6. The molecule has 98 valence electrons. The molecule has 0 saturated heterocycles. The van der Waals surface area contributed by atoms with E-state index in [2.05, 4.69) is 10.6 Å². The Morgan fingerprint density at radius 2 is 2.28 bits per heavy atom. The highest BCUT2D eigenvalue weighted by Gasteiger charge is 2.29. The molecular formula is C12H15ClN2O3. The van der Waals surface area contributed by atoms with Gasteiger partial charge in [-0.2, -0.15) is 0 Å². The van der Waals surface area contributed by atoms with Crippen molar-refractivity contribution >= 4 is 23.2 Å². The molecule has 2 rings (SSSR count). The lowest BCUT2D eigenvalue weighted by molar-refractivity contribution is -0.117. The van der Waals surface area contributed by atoms with Gasteiger partial charge in [0, 0.05) is 22.8 Å². The summed E-state index contributed by atoms with van der Waals surface area (Å²) in [6, 6.07) is 4.92. The number of ether oxygens (including phenoxy) is 1. The van der Waals surface area contributed by atoms with Crippen LogP contribution in [-0.2, 0) is 9.53 Å². The molecule has 1 aromatic rings. The SMILES string of the molecule is O=C1Nc2ccc(Cl)cc2C1NCCOCCO. The first kappa shape index (κ1) is 13.3. The summed E-state index contributed by atoms with van der Waals surface area (Å²) in [7, 11) is 0. The number of aliphatic hydroxyl groups excluding tert-OH is 1. The van der Waals surface area contributed by atoms with Crippen molar-refractivity contribution in [2.45, 2.75) is 6.04 Å². The van der Waals surface area contributed by atoms with Gasteiger partial charge in [0.1, 0.15) is 6.04 Å². The Bertz CT molecular complexity index is 439. The Labute approximate surface area is 110 Å². The van der Waals surface area contributed by atoms with Crippen LogP contribution in [0.3, 0.4) is 0 Å². The fourth-order valence-electron chi connectivity index (χ4n) is 1.88. The van der Waals surface area contributed by atoms with Crippen molar-refractivity contribution in [2.24, 2.45) is 0 Å². The van der Waals surface area contributed by atoms with Gasteiger partial charge in [0.05, 0.1) is 19.8 Å². The second kappa shape index (κ2) is 6.15. The van der Waals surface area contributed by atoms with E-state index >= 15 is 0 Å². The van der Waals surface area contributed by atoms with Gasteiger partial charge in [0.2, 0.25) is 5.91 Å². The molecule has 0 saturated carbocycles. The molecule has 3 N–H and O–H groups in total. The van der Waals surface area contributed by atoms with E-state index in [0.29, 0.717) is 24.8 Å². The highest BCUT2D eigenvalue weighted by molar-refractivity contribution is 6.31.